The van der Waals surface area contributed by atoms with Crippen LogP contribution in [0.1, 0.15) is 22.1 Å². The summed E-state index contributed by atoms with van der Waals surface area (Å²) in [6, 6.07) is 3.86. The summed E-state index contributed by atoms with van der Waals surface area (Å²) in [5, 5.41) is 2.15. The van der Waals surface area contributed by atoms with Crippen molar-refractivity contribution in [2.24, 2.45) is 0 Å². The molecule has 0 saturated carbocycles. The molecule has 0 bridgehead atoms. The highest BCUT2D eigenvalue weighted by Gasteiger charge is 2.17. The Hall–Kier alpha value is -0.540. The number of carbonyl (C=O) groups is 1. The van der Waals surface area contributed by atoms with E-state index in [0.29, 0.717) is 6.54 Å². The lowest BCUT2D eigenvalue weighted by atomic mass is 10.3. The van der Waals surface area contributed by atoms with E-state index in [4.69, 9.17) is 11.6 Å². The quantitative estimate of drug-likeness (QED) is 0.775. The molecule has 13 heavy (non-hydrogen) atoms. The fourth-order valence-electron chi connectivity index (χ4n) is 0.983. The zero-order chi connectivity index (χ0) is 9.84. The first-order valence-electron chi connectivity index (χ1n) is 4.13. The number of alkyl halides is 1. The van der Waals surface area contributed by atoms with Gasteiger partial charge in [-0.25, -0.2) is 0 Å². The summed E-state index contributed by atoms with van der Waals surface area (Å²) in [4.78, 5) is 13.4. The van der Waals surface area contributed by atoms with Crippen molar-refractivity contribution in [3.63, 3.8) is 0 Å². The maximum absolute atomic E-state index is 11.3. The van der Waals surface area contributed by atoms with Crippen LogP contribution >= 0.6 is 22.9 Å². The molecule has 1 aromatic heterocycles. The predicted molar refractivity (Wildman–Crippen MR) is 56.3 cm³/mol. The van der Waals surface area contributed by atoms with Crippen LogP contribution in [0.2, 0.25) is 0 Å². The Kier molecular flexibility index (Phi) is 3.75. The third-order valence-corrected chi connectivity index (χ3v) is 3.22. The van der Waals surface area contributed by atoms with Gasteiger partial charge < -0.3 is 5.32 Å². The third kappa shape index (κ3) is 2.71. The zero-order valence-corrected chi connectivity index (χ0v) is 9.21. The molecule has 1 aromatic rings. The van der Waals surface area contributed by atoms with E-state index in [0.717, 1.165) is 4.88 Å². The Morgan fingerprint density at radius 3 is 2.85 bits per heavy atom. The number of nitrogens with one attached hydrogen (secondary N) is 1. The molecule has 0 fully saturated rings. The lowest BCUT2D eigenvalue weighted by Crippen LogP contribution is -2.25. The van der Waals surface area contributed by atoms with Gasteiger partial charge in [0.25, 0.3) is 0 Å². The van der Waals surface area contributed by atoms with E-state index in [-0.39, 0.29) is 5.91 Å². The highest BCUT2D eigenvalue weighted by molar-refractivity contribution is 7.12. The summed E-state index contributed by atoms with van der Waals surface area (Å²) >= 11 is 7.50. The minimum atomic E-state index is -0.543. The number of likely N-dealkylation sites (N-methyl/N-ethyl adjacent to an activating group) is 1. The molecule has 0 aliphatic carbocycles. The number of amides is 1. The van der Waals surface area contributed by atoms with E-state index >= 15 is 0 Å². The van der Waals surface area contributed by atoms with Crippen LogP contribution < -0.4 is 5.32 Å². The maximum atomic E-state index is 11.3. The molecular formula is C9H12ClNOS. The largest absolute Gasteiger partial charge is 0.355 e. The molecule has 1 rings (SSSR count). The van der Waals surface area contributed by atoms with Gasteiger partial charge in [0.2, 0.25) is 5.91 Å². The average Bonchev–Trinajstić information content (AvgIpc) is 2.51. The highest BCUT2D eigenvalue weighted by Crippen LogP contribution is 2.27. The Morgan fingerprint density at radius 2 is 2.38 bits per heavy atom. The lowest BCUT2D eigenvalue weighted by molar-refractivity contribution is -0.120. The minimum Gasteiger partial charge on any atom is -0.355 e. The summed E-state index contributed by atoms with van der Waals surface area (Å²) in [6.07, 6.45) is 0. The van der Waals surface area contributed by atoms with Crippen molar-refractivity contribution in [3.8, 4) is 0 Å². The number of rotatable bonds is 3. The van der Waals surface area contributed by atoms with Crippen LogP contribution in [0.25, 0.3) is 0 Å². The van der Waals surface area contributed by atoms with Gasteiger partial charge in [0.15, 0.2) is 0 Å². The molecule has 0 saturated heterocycles. The van der Waals surface area contributed by atoms with E-state index in [9.17, 15) is 4.79 Å². The second-order valence-corrected chi connectivity index (χ2v) is 4.46. The van der Waals surface area contributed by atoms with Crippen molar-refractivity contribution in [2.75, 3.05) is 6.54 Å². The Bertz CT molecular complexity index is 298. The Morgan fingerprint density at radius 1 is 1.69 bits per heavy atom. The highest BCUT2D eigenvalue weighted by atomic mass is 35.5. The second kappa shape index (κ2) is 4.63. The molecule has 1 heterocycles. The fourth-order valence-corrected chi connectivity index (χ4v) is 2.12. The van der Waals surface area contributed by atoms with Crippen molar-refractivity contribution >= 4 is 28.8 Å². The van der Waals surface area contributed by atoms with Crippen LogP contribution in [0.4, 0.5) is 0 Å². The number of carbonyl (C=O) groups excluding carboxylic acids is 1. The smallest absolute Gasteiger partial charge is 0.243 e. The molecule has 0 aliphatic rings. The van der Waals surface area contributed by atoms with Gasteiger partial charge in [-0.05, 0) is 26.0 Å². The molecule has 0 radical (unpaired) electrons. The molecule has 1 N–H and O–H groups in total. The van der Waals surface area contributed by atoms with Crippen LogP contribution in [0.3, 0.4) is 0 Å². The van der Waals surface area contributed by atoms with Crippen molar-refractivity contribution in [1.29, 1.82) is 0 Å². The van der Waals surface area contributed by atoms with Crippen LogP contribution in [-0.2, 0) is 4.79 Å². The number of hydrogen-bond acceptors (Lipinski definition) is 2. The van der Waals surface area contributed by atoms with Crippen molar-refractivity contribution in [3.05, 3.63) is 21.9 Å². The first-order valence-corrected chi connectivity index (χ1v) is 5.38. The second-order valence-electron chi connectivity index (χ2n) is 2.71. The van der Waals surface area contributed by atoms with Crippen LogP contribution in [0.15, 0.2) is 12.1 Å². The lowest BCUT2D eigenvalue weighted by Gasteiger charge is -2.06. The number of hydrogen-bond donors (Lipinski definition) is 1. The monoisotopic (exact) mass is 217 g/mol. The van der Waals surface area contributed by atoms with Crippen molar-refractivity contribution in [1.82, 2.24) is 5.32 Å². The number of halogens is 1. The van der Waals surface area contributed by atoms with E-state index < -0.39 is 5.38 Å². The van der Waals surface area contributed by atoms with E-state index in [1.807, 2.05) is 26.0 Å². The summed E-state index contributed by atoms with van der Waals surface area (Å²) < 4.78 is 0. The van der Waals surface area contributed by atoms with Crippen LogP contribution in [0.5, 0.6) is 0 Å². The van der Waals surface area contributed by atoms with Gasteiger partial charge in [-0.1, -0.05) is 0 Å². The molecule has 2 nitrogen and oxygen atoms in total. The molecule has 0 aromatic carbocycles. The molecule has 1 amide bonds. The van der Waals surface area contributed by atoms with E-state index in [1.165, 1.54) is 4.88 Å². The molecule has 72 valence electrons. The van der Waals surface area contributed by atoms with E-state index in [2.05, 4.69) is 5.32 Å². The molecule has 4 heteroatoms. The van der Waals surface area contributed by atoms with Crippen LogP contribution in [-0.4, -0.2) is 12.5 Å². The molecule has 1 atom stereocenters. The van der Waals surface area contributed by atoms with Crippen LogP contribution in [0, 0.1) is 6.92 Å². The predicted octanol–water partition coefficient (Wildman–Crippen LogP) is 2.47. The van der Waals surface area contributed by atoms with Gasteiger partial charge in [0, 0.05) is 16.3 Å². The zero-order valence-electron chi connectivity index (χ0n) is 7.63. The van der Waals surface area contributed by atoms with Gasteiger partial charge in [-0.15, -0.1) is 22.9 Å². The summed E-state index contributed by atoms with van der Waals surface area (Å²) in [7, 11) is 0. The van der Waals surface area contributed by atoms with E-state index in [1.54, 1.807) is 11.3 Å². The van der Waals surface area contributed by atoms with Gasteiger partial charge in [-0.3, -0.25) is 4.79 Å². The molecular weight excluding hydrogens is 206 g/mol. The SMILES string of the molecule is CCNC(=O)C(Cl)c1ccc(C)s1. The summed E-state index contributed by atoms with van der Waals surface area (Å²) in [5.41, 5.74) is 0. The van der Waals surface area contributed by atoms with Crippen molar-refractivity contribution in [2.45, 2.75) is 19.2 Å². The number of aryl methyl sites for hydroxylation is 1. The van der Waals surface area contributed by atoms with Gasteiger partial charge >= 0.3 is 0 Å². The topological polar surface area (TPSA) is 29.1 Å². The third-order valence-electron chi connectivity index (χ3n) is 1.59. The van der Waals surface area contributed by atoms with Gasteiger partial charge in [0.05, 0.1) is 0 Å². The minimum absolute atomic E-state index is 0.119. The molecule has 0 aliphatic heterocycles. The Labute approximate surface area is 86.9 Å². The molecule has 1 unspecified atom stereocenters. The Balaban J connectivity index is 2.67. The fraction of sp³-hybridized carbons (Fsp3) is 0.444. The number of thiophene rings is 1. The van der Waals surface area contributed by atoms with Gasteiger partial charge in [0.1, 0.15) is 5.38 Å². The summed E-state index contributed by atoms with van der Waals surface area (Å²) in [5.74, 6) is -0.119. The first-order chi connectivity index (χ1) is 6.15. The summed E-state index contributed by atoms with van der Waals surface area (Å²) in [6.45, 7) is 4.49. The maximum Gasteiger partial charge on any atom is 0.243 e. The van der Waals surface area contributed by atoms with Gasteiger partial charge in [-0.2, -0.15) is 0 Å². The van der Waals surface area contributed by atoms with Crippen molar-refractivity contribution < 1.29 is 4.79 Å². The molecule has 0 spiro atoms. The normalized spacial score (nSPS) is 12.5. The average molecular weight is 218 g/mol. The first kappa shape index (κ1) is 10.5. The standard InChI is InChI=1S/C9H12ClNOS/c1-3-11-9(12)8(10)7-5-4-6(2)13-7/h4-5,8H,3H2,1-2H3,(H,11,12).